The quantitative estimate of drug-likeness (QED) is 0.784. The highest BCUT2D eigenvalue weighted by Crippen LogP contribution is 2.37. The van der Waals surface area contributed by atoms with Crippen molar-refractivity contribution in [1.82, 2.24) is 15.5 Å². The van der Waals surface area contributed by atoms with Crippen LogP contribution in [0.15, 0.2) is 41.4 Å². The zero-order valence-electron chi connectivity index (χ0n) is 14.2. The average Bonchev–Trinajstić information content (AvgIpc) is 3.23. The van der Waals surface area contributed by atoms with E-state index in [2.05, 4.69) is 27.4 Å². The Morgan fingerprint density at radius 3 is 2.92 bits per heavy atom. The lowest BCUT2D eigenvalue weighted by Gasteiger charge is -2.26. The SMILES string of the molecule is C=CCOc1cccc(NC(=O)NC2(c3noc(C)n3)CCCC2)c1. The number of carbonyl (C=O) groups excluding carboxylic acids is 1. The molecule has 1 aliphatic rings. The van der Waals surface area contributed by atoms with E-state index in [4.69, 9.17) is 9.26 Å². The number of carbonyl (C=O) groups is 1. The summed E-state index contributed by atoms with van der Waals surface area (Å²) >= 11 is 0. The number of nitrogens with zero attached hydrogens (tertiary/aromatic N) is 2. The lowest BCUT2D eigenvalue weighted by molar-refractivity contribution is 0.232. The lowest BCUT2D eigenvalue weighted by atomic mass is 9.97. The van der Waals surface area contributed by atoms with Crippen LogP contribution < -0.4 is 15.4 Å². The van der Waals surface area contributed by atoms with Crippen LogP contribution in [0, 0.1) is 6.92 Å². The zero-order chi connectivity index (χ0) is 17.7. The van der Waals surface area contributed by atoms with E-state index in [0.717, 1.165) is 25.7 Å². The topological polar surface area (TPSA) is 89.3 Å². The number of ether oxygens (including phenoxy) is 1. The number of urea groups is 1. The third-order valence-electron chi connectivity index (χ3n) is 4.23. The number of nitrogens with one attached hydrogen (secondary N) is 2. The van der Waals surface area contributed by atoms with Gasteiger partial charge in [-0.2, -0.15) is 4.98 Å². The molecule has 0 bridgehead atoms. The maximum Gasteiger partial charge on any atom is 0.320 e. The van der Waals surface area contributed by atoms with Crippen LogP contribution in [0.4, 0.5) is 10.5 Å². The second kappa shape index (κ2) is 7.38. The minimum atomic E-state index is -0.571. The predicted molar refractivity (Wildman–Crippen MR) is 93.5 cm³/mol. The molecule has 1 heterocycles. The number of hydrogen-bond acceptors (Lipinski definition) is 5. The Morgan fingerprint density at radius 2 is 2.24 bits per heavy atom. The Morgan fingerprint density at radius 1 is 1.44 bits per heavy atom. The number of benzene rings is 1. The Kier molecular flexibility index (Phi) is 5.02. The summed E-state index contributed by atoms with van der Waals surface area (Å²) in [6, 6.07) is 6.92. The summed E-state index contributed by atoms with van der Waals surface area (Å²) in [6.07, 6.45) is 5.28. The van der Waals surface area contributed by atoms with E-state index < -0.39 is 5.54 Å². The Hall–Kier alpha value is -2.83. The van der Waals surface area contributed by atoms with Gasteiger partial charge in [0.1, 0.15) is 17.9 Å². The number of rotatable bonds is 6. The van der Waals surface area contributed by atoms with Crippen molar-refractivity contribution in [2.75, 3.05) is 11.9 Å². The third-order valence-corrected chi connectivity index (χ3v) is 4.23. The highest BCUT2D eigenvalue weighted by Gasteiger charge is 2.41. The molecule has 3 rings (SSSR count). The summed E-state index contributed by atoms with van der Waals surface area (Å²) in [5, 5.41) is 9.91. The zero-order valence-corrected chi connectivity index (χ0v) is 14.2. The van der Waals surface area contributed by atoms with Crippen LogP contribution >= 0.6 is 0 Å². The molecule has 0 aliphatic heterocycles. The molecular formula is C18H22N4O3. The van der Waals surface area contributed by atoms with Crippen molar-refractivity contribution >= 4 is 11.7 Å². The Balaban J connectivity index is 1.69. The molecular weight excluding hydrogens is 320 g/mol. The summed E-state index contributed by atoms with van der Waals surface area (Å²) in [5.41, 5.74) is 0.0789. The average molecular weight is 342 g/mol. The molecule has 0 saturated heterocycles. The van der Waals surface area contributed by atoms with Crippen LogP contribution in [-0.4, -0.2) is 22.8 Å². The molecule has 132 valence electrons. The first-order chi connectivity index (χ1) is 12.1. The molecule has 1 fully saturated rings. The van der Waals surface area contributed by atoms with Crippen LogP contribution in [0.2, 0.25) is 0 Å². The number of aryl methyl sites for hydroxylation is 1. The van der Waals surface area contributed by atoms with Gasteiger partial charge in [0.15, 0.2) is 5.82 Å². The predicted octanol–water partition coefficient (Wildman–Crippen LogP) is 3.53. The van der Waals surface area contributed by atoms with Gasteiger partial charge in [-0.15, -0.1) is 0 Å². The summed E-state index contributed by atoms with van der Waals surface area (Å²) in [4.78, 5) is 16.8. The van der Waals surface area contributed by atoms with Crippen LogP contribution in [0.5, 0.6) is 5.75 Å². The van der Waals surface area contributed by atoms with E-state index in [1.807, 2.05) is 12.1 Å². The smallest absolute Gasteiger partial charge is 0.320 e. The maximum absolute atomic E-state index is 12.5. The summed E-state index contributed by atoms with van der Waals surface area (Å²) < 4.78 is 10.6. The van der Waals surface area contributed by atoms with Gasteiger partial charge in [0, 0.05) is 18.7 Å². The molecule has 0 radical (unpaired) electrons. The van der Waals surface area contributed by atoms with Crippen LogP contribution in [0.3, 0.4) is 0 Å². The van der Waals surface area contributed by atoms with Crippen molar-refractivity contribution in [3.05, 3.63) is 48.6 Å². The van der Waals surface area contributed by atoms with Gasteiger partial charge >= 0.3 is 6.03 Å². The van der Waals surface area contributed by atoms with Gasteiger partial charge in [-0.05, 0) is 25.0 Å². The molecule has 1 aliphatic carbocycles. The molecule has 0 spiro atoms. The second-order valence-electron chi connectivity index (χ2n) is 6.13. The fraction of sp³-hybridized carbons (Fsp3) is 0.389. The first-order valence-corrected chi connectivity index (χ1v) is 8.35. The highest BCUT2D eigenvalue weighted by atomic mass is 16.5. The van der Waals surface area contributed by atoms with Crippen molar-refractivity contribution in [3.8, 4) is 5.75 Å². The van der Waals surface area contributed by atoms with Crippen LogP contribution in [-0.2, 0) is 5.54 Å². The minimum Gasteiger partial charge on any atom is -0.489 e. The third kappa shape index (κ3) is 3.99. The van der Waals surface area contributed by atoms with Gasteiger partial charge in [0.2, 0.25) is 5.89 Å². The fourth-order valence-corrected chi connectivity index (χ4v) is 3.08. The highest BCUT2D eigenvalue weighted by molar-refractivity contribution is 5.90. The molecule has 0 unspecified atom stereocenters. The summed E-state index contributed by atoms with van der Waals surface area (Å²) in [7, 11) is 0. The van der Waals surface area contributed by atoms with Gasteiger partial charge in [-0.25, -0.2) is 4.79 Å². The number of anilines is 1. The van der Waals surface area contributed by atoms with Gasteiger partial charge < -0.3 is 19.9 Å². The molecule has 7 heteroatoms. The molecule has 2 amide bonds. The molecule has 0 atom stereocenters. The van der Waals surface area contributed by atoms with Gasteiger partial charge in [0.25, 0.3) is 0 Å². The molecule has 2 aromatic rings. The standard InChI is InChI=1S/C18H22N4O3/c1-3-11-24-15-8-6-7-14(12-15)20-17(23)21-18(9-4-5-10-18)16-19-13(2)25-22-16/h3,6-8,12H,1,4-5,9-11H2,2H3,(H2,20,21,23). The van der Waals surface area contributed by atoms with Crippen molar-refractivity contribution in [2.24, 2.45) is 0 Å². The van der Waals surface area contributed by atoms with E-state index >= 15 is 0 Å². The number of amides is 2. The van der Waals surface area contributed by atoms with Crippen molar-refractivity contribution in [3.63, 3.8) is 0 Å². The van der Waals surface area contributed by atoms with Gasteiger partial charge in [-0.3, -0.25) is 0 Å². The second-order valence-corrected chi connectivity index (χ2v) is 6.13. The molecule has 2 N–H and O–H groups in total. The molecule has 1 aromatic heterocycles. The summed E-state index contributed by atoms with van der Waals surface area (Å²) in [6.45, 7) is 5.77. The normalized spacial score (nSPS) is 15.6. The Bertz CT molecular complexity index is 750. The van der Waals surface area contributed by atoms with E-state index in [9.17, 15) is 4.79 Å². The Labute approximate surface area is 146 Å². The minimum absolute atomic E-state index is 0.301. The van der Waals surface area contributed by atoms with E-state index in [0.29, 0.717) is 29.8 Å². The van der Waals surface area contributed by atoms with E-state index in [-0.39, 0.29) is 6.03 Å². The fourth-order valence-electron chi connectivity index (χ4n) is 3.08. The van der Waals surface area contributed by atoms with Crippen molar-refractivity contribution < 1.29 is 14.1 Å². The van der Waals surface area contributed by atoms with Gasteiger partial charge in [-0.1, -0.05) is 36.7 Å². The largest absolute Gasteiger partial charge is 0.489 e. The van der Waals surface area contributed by atoms with E-state index in [1.54, 1.807) is 25.1 Å². The van der Waals surface area contributed by atoms with Crippen LogP contribution in [0.25, 0.3) is 0 Å². The van der Waals surface area contributed by atoms with Crippen molar-refractivity contribution in [2.45, 2.75) is 38.1 Å². The van der Waals surface area contributed by atoms with Gasteiger partial charge in [0.05, 0.1) is 0 Å². The number of hydrogen-bond donors (Lipinski definition) is 2. The monoisotopic (exact) mass is 342 g/mol. The summed E-state index contributed by atoms with van der Waals surface area (Å²) in [5.74, 6) is 1.71. The van der Waals surface area contributed by atoms with Crippen LogP contribution in [0.1, 0.15) is 37.4 Å². The number of aromatic nitrogens is 2. The molecule has 7 nitrogen and oxygen atoms in total. The molecule has 1 saturated carbocycles. The first kappa shape index (κ1) is 17.0. The maximum atomic E-state index is 12.5. The van der Waals surface area contributed by atoms with E-state index in [1.165, 1.54) is 0 Å². The molecule has 1 aromatic carbocycles. The molecule has 25 heavy (non-hydrogen) atoms. The first-order valence-electron chi connectivity index (χ1n) is 8.35. The lowest BCUT2D eigenvalue weighted by Crippen LogP contribution is -2.46. The van der Waals surface area contributed by atoms with Crippen molar-refractivity contribution in [1.29, 1.82) is 0 Å².